The van der Waals surface area contributed by atoms with Gasteiger partial charge in [0.05, 0.1) is 11.8 Å². The molecule has 2 heterocycles. The molecule has 0 amide bonds. The first-order chi connectivity index (χ1) is 7.93. The van der Waals surface area contributed by atoms with E-state index in [9.17, 15) is 0 Å². The van der Waals surface area contributed by atoms with Crippen LogP contribution in [0.15, 0.2) is 42.7 Å². The molecule has 0 aliphatic rings. The van der Waals surface area contributed by atoms with Crippen LogP contribution in [0, 0.1) is 0 Å². The average molecular weight is 228 g/mol. The largest absolute Gasteiger partial charge is 0.285 e. The number of aromatic amines is 1. The van der Waals surface area contributed by atoms with Crippen LogP contribution < -0.4 is 0 Å². The van der Waals surface area contributed by atoms with Gasteiger partial charge in [0.15, 0.2) is 5.01 Å². The molecule has 0 saturated carbocycles. The molecule has 5 heteroatoms. The zero-order chi connectivity index (χ0) is 10.8. The molecule has 0 atom stereocenters. The van der Waals surface area contributed by atoms with Gasteiger partial charge >= 0.3 is 0 Å². The van der Waals surface area contributed by atoms with Gasteiger partial charge in [-0.3, -0.25) is 5.10 Å². The van der Waals surface area contributed by atoms with Gasteiger partial charge < -0.3 is 0 Å². The van der Waals surface area contributed by atoms with Crippen LogP contribution in [0.25, 0.3) is 21.1 Å². The Morgan fingerprint density at radius 1 is 0.938 bits per heavy atom. The molecule has 0 aliphatic heterocycles. The molecule has 4 nitrogen and oxygen atoms in total. The quantitative estimate of drug-likeness (QED) is 0.733. The second-order valence-corrected chi connectivity index (χ2v) is 4.24. The summed E-state index contributed by atoms with van der Waals surface area (Å²) in [7, 11) is 0. The molecule has 2 aromatic heterocycles. The summed E-state index contributed by atoms with van der Waals surface area (Å²) >= 11 is 1.56. The SMILES string of the molecule is c1ccc(-c2nnc(-c3cn[nH]c3)s2)cc1. The summed E-state index contributed by atoms with van der Waals surface area (Å²) in [5, 5.41) is 16.8. The van der Waals surface area contributed by atoms with Crippen molar-refractivity contribution in [1.82, 2.24) is 20.4 Å². The lowest BCUT2D eigenvalue weighted by molar-refractivity contribution is 1.09. The fraction of sp³-hybridized carbons (Fsp3) is 0. The van der Waals surface area contributed by atoms with Gasteiger partial charge in [-0.2, -0.15) is 5.10 Å². The lowest BCUT2D eigenvalue weighted by atomic mass is 10.2. The molecule has 1 N–H and O–H groups in total. The maximum Gasteiger partial charge on any atom is 0.151 e. The molecule has 0 saturated heterocycles. The third kappa shape index (κ3) is 1.61. The number of hydrogen-bond donors (Lipinski definition) is 1. The fourth-order valence-electron chi connectivity index (χ4n) is 1.41. The number of aromatic nitrogens is 4. The second kappa shape index (κ2) is 3.86. The van der Waals surface area contributed by atoms with Gasteiger partial charge in [0.1, 0.15) is 5.01 Å². The van der Waals surface area contributed by atoms with Crippen LogP contribution in [-0.4, -0.2) is 20.4 Å². The van der Waals surface area contributed by atoms with E-state index >= 15 is 0 Å². The van der Waals surface area contributed by atoms with Gasteiger partial charge in [0.25, 0.3) is 0 Å². The van der Waals surface area contributed by atoms with Gasteiger partial charge in [-0.15, -0.1) is 10.2 Å². The molecule has 1 aromatic carbocycles. The van der Waals surface area contributed by atoms with Crippen molar-refractivity contribution in [3.05, 3.63) is 42.7 Å². The van der Waals surface area contributed by atoms with E-state index in [1.165, 1.54) is 0 Å². The van der Waals surface area contributed by atoms with Crippen LogP contribution in [0.4, 0.5) is 0 Å². The highest BCUT2D eigenvalue weighted by atomic mass is 32.1. The molecular weight excluding hydrogens is 220 g/mol. The maximum absolute atomic E-state index is 4.17. The summed E-state index contributed by atoms with van der Waals surface area (Å²) in [6.45, 7) is 0. The Morgan fingerprint density at radius 2 is 1.69 bits per heavy atom. The van der Waals surface area contributed by atoms with E-state index in [1.807, 2.05) is 36.5 Å². The molecule has 3 aromatic rings. The highest BCUT2D eigenvalue weighted by molar-refractivity contribution is 7.17. The number of H-pyrrole nitrogens is 1. The number of hydrogen-bond acceptors (Lipinski definition) is 4. The van der Waals surface area contributed by atoms with Gasteiger partial charge in [0, 0.05) is 11.8 Å². The van der Waals surface area contributed by atoms with E-state index < -0.39 is 0 Å². The van der Waals surface area contributed by atoms with Crippen molar-refractivity contribution in [2.45, 2.75) is 0 Å². The van der Waals surface area contributed by atoms with Gasteiger partial charge in [-0.25, -0.2) is 0 Å². The van der Waals surface area contributed by atoms with Gasteiger partial charge in [-0.05, 0) is 0 Å². The molecule has 0 unspecified atom stereocenters. The van der Waals surface area contributed by atoms with E-state index in [2.05, 4.69) is 20.4 Å². The van der Waals surface area contributed by atoms with Crippen LogP contribution >= 0.6 is 11.3 Å². The summed E-state index contributed by atoms with van der Waals surface area (Å²) in [4.78, 5) is 0. The van der Waals surface area contributed by atoms with E-state index in [1.54, 1.807) is 17.5 Å². The smallest absolute Gasteiger partial charge is 0.151 e. The van der Waals surface area contributed by atoms with E-state index in [4.69, 9.17) is 0 Å². The minimum absolute atomic E-state index is 0.882. The Kier molecular flexibility index (Phi) is 2.23. The Morgan fingerprint density at radius 3 is 2.38 bits per heavy atom. The Labute approximate surface area is 96.0 Å². The first-order valence-corrected chi connectivity index (χ1v) is 5.63. The zero-order valence-electron chi connectivity index (χ0n) is 8.29. The average Bonchev–Trinajstić information content (AvgIpc) is 3.01. The minimum Gasteiger partial charge on any atom is -0.285 e. The molecule has 0 aliphatic carbocycles. The van der Waals surface area contributed by atoms with Crippen LogP contribution in [0.3, 0.4) is 0 Å². The van der Waals surface area contributed by atoms with Crippen molar-refractivity contribution in [3.8, 4) is 21.1 Å². The number of nitrogens with one attached hydrogen (secondary N) is 1. The monoisotopic (exact) mass is 228 g/mol. The summed E-state index contributed by atoms with van der Waals surface area (Å²) in [5.74, 6) is 0. The van der Waals surface area contributed by atoms with Crippen molar-refractivity contribution in [2.24, 2.45) is 0 Å². The molecule has 16 heavy (non-hydrogen) atoms. The van der Waals surface area contributed by atoms with Crippen LogP contribution in [0.5, 0.6) is 0 Å². The zero-order valence-corrected chi connectivity index (χ0v) is 9.11. The van der Waals surface area contributed by atoms with Crippen LogP contribution in [0.2, 0.25) is 0 Å². The molecule has 3 rings (SSSR count). The molecule has 0 spiro atoms. The number of rotatable bonds is 2. The van der Waals surface area contributed by atoms with Gasteiger partial charge in [0.2, 0.25) is 0 Å². The molecular formula is C11H8N4S. The highest BCUT2D eigenvalue weighted by Gasteiger charge is 2.08. The normalized spacial score (nSPS) is 10.5. The second-order valence-electron chi connectivity index (χ2n) is 3.27. The van der Waals surface area contributed by atoms with Crippen molar-refractivity contribution >= 4 is 11.3 Å². The predicted octanol–water partition coefficient (Wildman–Crippen LogP) is 2.60. The summed E-state index contributed by atoms with van der Waals surface area (Å²) in [6.07, 6.45) is 3.56. The molecule has 78 valence electrons. The molecule has 0 fully saturated rings. The van der Waals surface area contributed by atoms with Gasteiger partial charge in [-0.1, -0.05) is 41.7 Å². The number of nitrogens with zero attached hydrogens (tertiary/aromatic N) is 3. The lowest BCUT2D eigenvalue weighted by Gasteiger charge is -1.91. The van der Waals surface area contributed by atoms with Crippen molar-refractivity contribution in [2.75, 3.05) is 0 Å². The van der Waals surface area contributed by atoms with E-state index in [0.717, 1.165) is 21.1 Å². The first-order valence-electron chi connectivity index (χ1n) is 4.81. The Bertz CT molecular complexity index is 571. The maximum atomic E-state index is 4.17. The Hall–Kier alpha value is -2.01. The summed E-state index contributed by atoms with van der Waals surface area (Å²) in [5.41, 5.74) is 2.06. The first kappa shape index (κ1) is 9.23. The minimum atomic E-state index is 0.882. The predicted molar refractivity (Wildman–Crippen MR) is 62.9 cm³/mol. The highest BCUT2D eigenvalue weighted by Crippen LogP contribution is 2.28. The number of benzene rings is 1. The molecule has 0 radical (unpaired) electrons. The summed E-state index contributed by atoms with van der Waals surface area (Å²) in [6, 6.07) is 10.0. The third-order valence-electron chi connectivity index (χ3n) is 2.19. The van der Waals surface area contributed by atoms with Crippen LogP contribution in [-0.2, 0) is 0 Å². The Balaban J connectivity index is 2.00. The van der Waals surface area contributed by atoms with Crippen LogP contribution in [0.1, 0.15) is 0 Å². The topological polar surface area (TPSA) is 54.5 Å². The standard InChI is InChI=1S/C11H8N4S/c1-2-4-8(5-3-1)10-14-15-11(16-10)9-6-12-13-7-9/h1-7H,(H,12,13). The summed E-state index contributed by atoms with van der Waals surface area (Å²) < 4.78 is 0. The van der Waals surface area contributed by atoms with E-state index in [-0.39, 0.29) is 0 Å². The van der Waals surface area contributed by atoms with Crippen molar-refractivity contribution in [1.29, 1.82) is 0 Å². The third-order valence-corrected chi connectivity index (χ3v) is 3.21. The lowest BCUT2D eigenvalue weighted by Crippen LogP contribution is -1.75. The molecule has 0 bridgehead atoms. The van der Waals surface area contributed by atoms with E-state index in [0.29, 0.717) is 0 Å². The van der Waals surface area contributed by atoms with Crippen molar-refractivity contribution < 1.29 is 0 Å². The van der Waals surface area contributed by atoms with Crippen molar-refractivity contribution in [3.63, 3.8) is 0 Å². The fourth-order valence-corrected chi connectivity index (χ4v) is 2.23.